The molecule has 0 saturated carbocycles. The highest BCUT2D eigenvalue weighted by Crippen LogP contribution is 2.30. The van der Waals surface area contributed by atoms with E-state index in [4.69, 9.17) is 18.0 Å². The summed E-state index contributed by atoms with van der Waals surface area (Å²) in [6, 6.07) is 2.42. The predicted octanol–water partition coefficient (Wildman–Crippen LogP) is 2.25. The van der Waals surface area contributed by atoms with E-state index < -0.39 is 11.6 Å². The van der Waals surface area contributed by atoms with Crippen LogP contribution in [0.3, 0.4) is 0 Å². The Hall–Kier alpha value is -1.24. The Balaban J connectivity index is 0.00000161. The van der Waals surface area contributed by atoms with Crippen LogP contribution >= 0.6 is 24.6 Å². The topological polar surface area (TPSA) is 43.4 Å². The number of benzene rings is 1. The van der Waals surface area contributed by atoms with Gasteiger partial charge in [-0.2, -0.15) is 0 Å². The number of rotatable bonds is 2. The van der Waals surface area contributed by atoms with Crippen molar-refractivity contribution in [2.24, 2.45) is 5.73 Å². The van der Waals surface area contributed by atoms with E-state index in [9.17, 15) is 8.78 Å². The molecule has 1 aromatic rings. The van der Waals surface area contributed by atoms with Crippen molar-refractivity contribution in [1.82, 2.24) is 10.2 Å². The summed E-state index contributed by atoms with van der Waals surface area (Å²) in [7, 11) is 0. The first kappa shape index (κ1) is 16.1. The Bertz CT molecular complexity index is 606. The van der Waals surface area contributed by atoms with E-state index in [1.165, 1.54) is 6.07 Å². The average Bonchev–Trinajstić information content (AvgIpc) is 2.78. The molecule has 0 amide bonds. The first-order chi connectivity index (χ1) is 9.60. The molecule has 1 aliphatic carbocycles. The van der Waals surface area contributed by atoms with Gasteiger partial charge < -0.3 is 10.6 Å². The van der Waals surface area contributed by atoms with E-state index >= 15 is 0 Å². The molecule has 21 heavy (non-hydrogen) atoms. The molecule has 1 aromatic carbocycles. The first-order valence-electron chi connectivity index (χ1n) is 6.50. The largest absolute Gasteiger partial charge is 0.325 e. The summed E-state index contributed by atoms with van der Waals surface area (Å²) in [5.41, 5.74) is 7.87. The van der Waals surface area contributed by atoms with E-state index in [1.807, 2.05) is 4.90 Å². The van der Waals surface area contributed by atoms with Gasteiger partial charge in [-0.05, 0) is 48.7 Å². The van der Waals surface area contributed by atoms with Gasteiger partial charge in [0, 0.05) is 18.7 Å². The summed E-state index contributed by atoms with van der Waals surface area (Å²) in [6.45, 7) is 0.352. The number of thiocarbonyl (C=S) groups is 1. The Morgan fingerprint density at radius 2 is 2.14 bits per heavy atom. The van der Waals surface area contributed by atoms with Gasteiger partial charge in [0.25, 0.3) is 0 Å². The van der Waals surface area contributed by atoms with Gasteiger partial charge in [-0.25, -0.2) is 14.1 Å². The lowest BCUT2D eigenvalue weighted by Gasteiger charge is -2.34. The van der Waals surface area contributed by atoms with Crippen LogP contribution in [0.1, 0.15) is 17.5 Å². The second-order valence-corrected chi connectivity index (χ2v) is 5.39. The van der Waals surface area contributed by atoms with Crippen molar-refractivity contribution in [2.75, 3.05) is 6.54 Å². The first-order valence-corrected chi connectivity index (χ1v) is 6.91. The number of nitrogens with two attached hydrogens (primary N) is 1. The zero-order valence-electron chi connectivity index (χ0n) is 11.2. The summed E-state index contributed by atoms with van der Waals surface area (Å²) < 4.78 is 27.1. The van der Waals surface area contributed by atoms with Crippen LogP contribution in [0, 0.1) is 11.6 Å². The van der Waals surface area contributed by atoms with Crippen LogP contribution in [-0.2, 0) is 12.8 Å². The molecule has 2 N–H and O–H groups in total. The van der Waals surface area contributed by atoms with Gasteiger partial charge in [-0.3, -0.25) is 0 Å². The van der Waals surface area contributed by atoms with E-state index in [1.54, 1.807) is 6.20 Å². The smallest absolute Gasteiger partial charge is 0.200 e. The van der Waals surface area contributed by atoms with E-state index in [0.29, 0.717) is 35.6 Å². The van der Waals surface area contributed by atoms with Crippen molar-refractivity contribution >= 4 is 29.7 Å². The zero-order valence-corrected chi connectivity index (χ0v) is 12.8. The summed E-state index contributed by atoms with van der Waals surface area (Å²) in [5.74, 6) is -0.994. The average molecular weight is 331 g/mol. The van der Waals surface area contributed by atoms with Crippen molar-refractivity contribution in [3.8, 4) is 0 Å². The molecular formula is C14H15ClF2N3S. The second kappa shape index (κ2) is 6.25. The number of hydrogen-bond donors (Lipinski definition) is 1. The molecule has 3 rings (SSSR count). The fourth-order valence-electron chi connectivity index (χ4n) is 2.92. The molecule has 0 spiro atoms. The highest BCUT2D eigenvalue weighted by atomic mass is 35.5. The standard InChI is InChI=1S/C14H14F2N3S.ClH/c15-9-3-8-4-10(1-2-12(8)13(16)5-9)19-11(6-17)7-18-14(19)20;/h3,5,7,10H,1-2,4,6,17H2;1H/t10-;/m0./s1. The minimum atomic E-state index is -0.537. The number of hydrogen-bond acceptors (Lipinski definition) is 2. The summed E-state index contributed by atoms with van der Waals surface area (Å²) in [6.07, 6.45) is 3.55. The van der Waals surface area contributed by atoms with Crippen molar-refractivity contribution in [3.63, 3.8) is 0 Å². The van der Waals surface area contributed by atoms with Crippen LogP contribution in [0.5, 0.6) is 0 Å². The molecule has 2 aliphatic rings. The minimum Gasteiger partial charge on any atom is -0.325 e. The van der Waals surface area contributed by atoms with Crippen molar-refractivity contribution < 1.29 is 8.78 Å². The lowest BCUT2D eigenvalue weighted by molar-refractivity contribution is 0.338. The molecule has 0 aromatic heterocycles. The third-order valence-electron chi connectivity index (χ3n) is 3.85. The molecule has 0 unspecified atom stereocenters. The van der Waals surface area contributed by atoms with Crippen LogP contribution in [0.25, 0.3) is 0 Å². The third-order valence-corrected chi connectivity index (χ3v) is 4.15. The maximum Gasteiger partial charge on any atom is 0.200 e. The monoisotopic (exact) mass is 330 g/mol. The van der Waals surface area contributed by atoms with Crippen molar-refractivity contribution in [2.45, 2.75) is 25.3 Å². The van der Waals surface area contributed by atoms with Gasteiger partial charge >= 0.3 is 0 Å². The van der Waals surface area contributed by atoms with Crippen LogP contribution in [0.4, 0.5) is 8.78 Å². The molecule has 3 nitrogen and oxygen atoms in total. The van der Waals surface area contributed by atoms with Gasteiger partial charge in [0.05, 0.1) is 11.9 Å². The lowest BCUT2D eigenvalue weighted by Crippen LogP contribution is -2.42. The molecule has 113 valence electrons. The maximum absolute atomic E-state index is 13.7. The zero-order chi connectivity index (χ0) is 14.3. The summed E-state index contributed by atoms with van der Waals surface area (Å²) in [4.78, 5) is 1.92. The highest BCUT2D eigenvalue weighted by Gasteiger charge is 2.32. The van der Waals surface area contributed by atoms with Gasteiger partial charge in [0.1, 0.15) is 11.6 Å². The molecule has 0 fully saturated rings. The fourth-order valence-corrected chi connectivity index (χ4v) is 3.24. The van der Waals surface area contributed by atoms with E-state index in [2.05, 4.69) is 5.32 Å². The number of fused-ring (bicyclic) bond motifs is 1. The summed E-state index contributed by atoms with van der Waals surface area (Å²) in [5, 5.41) is 4.59. The molecule has 0 bridgehead atoms. The number of nitrogens with zero attached hydrogens (tertiary/aromatic N) is 2. The molecule has 1 radical (unpaired) electrons. The van der Waals surface area contributed by atoms with Crippen molar-refractivity contribution in [1.29, 1.82) is 0 Å². The third kappa shape index (κ3) is 2.88. The predicted molar refractivity (Wildman–Crippen MR) is 83.1 cm³/mol. The summed E-state index contributed by atoms with van der Waals surface area (Å²) >= 11 is 5.22. The Labute approximate surface area is 133 Å². The van der Waals surface area contributed by atoms with Crippen LogP contribution < -0.4 is 11.1 Å². The van der Waals surface area contributed by atoms with Crippen molar-refractivity contribution in [3.05, 3.63) is 46.8 Å². The normalized spacial score (nSPS) is 20.5. The Morgan fingerprint density at radius 1 is 1.38 bits per heavy atom. The highest BCUT2D eigenvalue weighted by molar-refractivity contribution is 7.80. The SMILES string of the molecule is Cl.NCC1=C[N]C(=S)N1[C@H]1CCc2c(F)cc(F)cc2C1. The molecule has 1 heterocycles. The van der Waals surface area contributed by atoms with Crippen LogP contribution in [0.2, 0.25) is 0 Å². The fraction of sp³-hybridized carbons (Fsp3) is 0.357. The minimum absolute atomic E-state index is 0. The van der Waals surface area contributed by atoms with Gasteiger partial charge in [-0.1, -0.05) is 0 Å². The van der Waals surface area contributed by atoms with E-state index in [0.717, 1.165) is 18.2 Å². The van der Waals surface area contributed by atoms with E-state index in [-0.39, 0.29) is 18.4 Å². The van der Waals surface area contributed by atoms with Crippen LogP contribution in [-0.4, -0.2) is 22.6 Å². The van der Waals surface area contributed by atoms with Gasteiger partial charge in [-0.15, -0.1) is 12.4 Å². The Morgan fingerprint density at radius 3 is 2.86 bits per heavy atom. The quantitative estimate of drug-likeness (QED) is 0.846. The Kier molecular flexibility index (Phi) is 4.81. The molecule has 7 heteroatoms. The molecule has 0 saturated heterocycles. The maximum atomic E-state index is 13.7. The molecule has 1 atom stereocenters. The van der Waals surface area contributed by atoms with Crippen LogP contribution in [0.15, 0.2) is 24.0 Å². The second-order valence-electron chi connectivity index (χ2n) is 5.03. The van der Waals surface area contributed by atoms with Gasteiger partial charge in [0.15, 0.2) is 5.11 Å². The lowest BCUT2D eigenvalue weighted by atomic mass is 9.87. The molecule has 1 aliphatic heterocycles. The van der Waals surface area contributed by atoms with Gasteiger partial charge in [0.2, 0.25) is 0 Å². The molecular weight excluding hydrogens is 316 g/mol. The number of halogens is 3.